The molecule has 0 aliphatic rings. The van der Waals surface area contributed by atoms with Crippen LogP contribution >= 0.6 is 11.8 Å². The van der Waals surface area contributed by atoms with Crippen LogP contribution in [0.2, 0.25) is 0 Å². The van der Waals surface area contributed by atoms with Gasteiger partial charge in [-0.05, 0) is 37.4 Å². The Bertz CT molecular complexity index is 217. The van der Waals surface area contributed by atoms with Crippen molar-refractivity contribution in [1.82, 2.24) is 5.32 Å². The van der Waals surface area contributed by atoms with Crippen molar-refractivity contribution in [3.8, 4) is 0 Å². The summed E-state index contributed by atoms with van der Waals surface area (Å²) in [5.74, 6) is 2.40. The minimum Gasteiger partial charge on any atom is -0.317 e. The van der Waals surface area contributed by atoms with Gasteiger partial charge in [-0.25, -0.2) is 13.6 Å². The Morgan fingerprint density at radius 3 is 2.50 bits per heavy atom. The summed E-state index contributed by atoms with van der Waals surface area (Å²) >= 11 is 1.92. The largest absolute Gasteiger partial charge is 0.317 e. The van der Waals surface area contributed by atoms with E-state index in [0.717, 1.165) is 25.3 Å². The SMILES string of the molecule is CCSCCCNCCCS(N)(=O)=O. The van der Waals surface area contributed by atoms with Gasteiger partial charge in [0.05, 0.1) is 5.75 Å². The predicted octanol–water partition coefficient (Wildman–Crippen LogP) is 0.398. The molecule has 0 aromatic carbocycles. The summed E-state index contributed by atoms with van der Waals surface area (Å²) in [7, 11) is -3.27. The zero-order chi connectivity index (χ0) is 10.9. The van der Waals surface area contributed by atoms with E-state index >= 15 is 0 Å². The molecule has 6 heteroatoms. The molecule has 0 aliphatic carbocycles. The van der Waals surface area contributed by atoms with Crippen molar-refractivity contribution in [3.05, 3.63) is 0 Å². The molecule has 14 heavy (non-hydrogen) atoms. The highest BCUT2D eigenvalue weighted by atomic mass is 32.2. The number of rotatable bonds is 9. The lowest BCUT2D eigenvalue weighted by Crippen LogP contribution is -2.23. The van der Waals surface area contributed by atoms with Crippen molar-refractivity contribution in [2.75, 3.05) is 30.3 Å². The first-order chi connectivity index (χ1) is 6.56. The summed E-state index contributed by atoms with van der Waals surface area (Å²) in [6.07, 6.45) is 1.73. The average molecular weight is 240 g/mol. The monoisotopic (exact) mass is 240 g/mol. The van der Waals surface area contributed by atoms with E-state index in [1.165, 1.54) is 5.75 Å². The van der Waals surface area contributed by atoms with Crippen LogP contribution in [0.5, 0.6) is 0 Å². The standard InChI is InChI=1S/C8H20N2O2S2/c1-2-13-7-3-5-10-6-4-8-14(9,11)12/h10H,2-8H2,1H3,(H2,9,11,12). The van der Waals surface area contributed by atoms with Crippen LogP contribution in [-0.2, 0) is 10.0 Å². The van der Waals surface area contributed by atoms with Gasteiger partial charge in [0.1, 0.15) is 0 Å². The predicted molar refractivity (Wildman–Crippen MR) is 63.1 cm³/mol. The lowest BCUT2D eigenvalue weighted by Gasteiger charge is -2.03. The topological polar surface area (TPSA) is 72.2 Å². The van der Waals surface area contributed by atoms with Gasteiger partial charge in [-0.1, -0.05) is 6.92 Å². The minimum atomic E-state index is -3.27. The number of hydrogen-bond donors (Lipinski definition) is 2. The Morgan fingerprint density at radius 2 is 1.93 bits per heavy atom. The van der Waals surface area contributed by atoms with Crippen LogP contribution in [0.4, 0.5) is 0 Å². The number of nitrogens with two attached hydrogens (primary N) is 1. The number of nitrogens with one attached hydrogen (secondary N) is 1. The summed E-state index contributed by atoms with van der Waals surface area (Å²) in [6, 6.07) is 0. The first kappa shape index (κ1) is 14.2. The fourth-order valence-electron chi connectivity index (χ4n) is 0.967. The van der Waals surface area contributed by atoms with Crippen LogP contribution in [0.25, 0.3) is 0 Å². The van der Waals surface area contributed by atoms with Crippen LogP contribution in [0.1, 0.15) is 19.8 Å². The Hall–Kier alpha value is 0.220. The number of thioether (sulfide) groups is 1. The second kappa shape index (κ2) is 8.52. The lowest BCUT2D eigenvalue weighted by atomic mass is 10.4. The molecule has 0 bridgehead atoms. The minimum absolute atomic E-state index is 0.0731. The number of sulfonamides is 1. The maximum Gasteiger partial charge on any atom is 0.209 e. The molecule has 0 aromatic rings. The third kappa shape index (κ3) is 12.2. The highest BCUT2D eigenvalue weighted by Gasteiger charge is 2.00. The Balaban J connectivity index is 3.07. The third-order valence-corrected chi connectivity index (χ3v) is 3.47. The molecule has 3 N–H and O–H groups in total. The van der Waals surface area contributed by atoms with Gasteiger partial charge in [-0.15, -0.1) is 0 Å². The highest BCUT2D eigenvalue weighted by molar-refractivity contribution is 7.99. The Morgan fingerprint density at radius 1 is 1.29 bits per heavy atom. The smallest absolute Gasteiger partial charge is 0.209 e. The summed E-state index contributed by atoms with van der Waals surface area (Å²) in [4.78, 5) is 0. The normalized spacial score (nSPS) is 11.9. The van der Waals surface area contributed by atoms with Gasteiger partial charge in [0.15, 0.2) is 0 Å². The molecule has 0 saturated carbocycles. The van der Waals surface area contributed by atoms with E-state index in [9.17, 15) is 8.42 Å². The summed E-state index contributed by atoms with van der Waals surface area (Å²) in [5, 5.41) is 8.04. The molecular weight excluding hydrogens is 220 g/mol. The molecule has 0 aromatic heterocycles. The quantitative estimate of drug-likeness (QED) is 0.572. The second-order valence-electron chi connectivity index (χ2n) is 3.02. The fraction of sp³-hybridized carbons (Fsp3) is 1.00. The molecular formula is C8H20N2O2S2. The van der Waals surface area contributed by atoms with Gasteiger partial charge in [0.25, 0.3) is 0 Å². The maximum atomic E-state index is 10.6. The van der Waals surface area contributed by atoms with Crippen molar-refractivity contribution in [2.24, 2.45) is 5.14 Å². The molecule has 0 rings (SSSR count). The van der Waals surface area contributed by atoms with Crippen molar-refractivity contribution >= 4 is 21.8 Å². The molecule has 0 unspecified atom stereocenters. The molecule has 0 fully saturated rings. The van der Waals surface area contributed by atoms with Crippen molar-refractivity contribution in [3.63, 3.8) is 0 Å². The Labute approximate surface area is 91.1 Å². The van der Waals surface area contributed by atoms with E-state index in [2.05, 4.69) is 12.2 Å². The summed E-state index contributed by atoms with van der Waals surface area (Å²) in [6.45, 7) is 3.83. The van der Waals surface area contributed by atoms with E-state index in [0.29, 0.717) is 6.42 Å². The first-order valence-corrected chi connectivity index (χ1v) is 7.72. The van der Waals surface area contributed by atoms with Gasteiger partial charge >= 0.3 is 0 Å². The average Bonchev–Trinajstić information content (AvgIpc) is 2.08. The van der Waals surface area contributed by atoms with Crippen LogP contribution in [0, 0.1) is 0 Å². The van der Waals surface area contributed by atoms with Crippen molar-refractivity contribution < 1.29 is 8.42 Å². The van der Waals surface area contributed by atoms with E-state index in [-0.39, 0.29) is 5.75 Å². The highest BCUT2D eigenvalue weighted by Crippen LogP contribution is 1.99. The molecule has 0 heterocycles. The van der Waals surface area contributed by atoms with Crippen LogP contribution in [0.15, 0.2) is 0 Å². The van der Waals surface area contributed by atoms with Crippen molar-refractivity contribution in [2.45, 2.75) is 19.8 Å². The van der Waals surface area contributed by atoms with Crippen molar-refractivity contribution in [1.29, 1.82) is 0 Å². The molecule has 0 saturated heterocycles. The molecule has 86 valence electrons. The zero-order valence-corrected chi connectivity index (χ0v) is 10.3. The summed E-state index contributed by atoms with van der Waals surface area (Å²) in [5.41, 5.74) is 0. The Kier molecular flexibility index (Phi) is 8.66. The zero-order valence-electron chi connectivity index (χ0n) is 8.66. The van der Waals surface area contributed by atoms with E-state index in [1.807, 2.05) is 11.8 Å². The van der Waals surface area contributed by atoms with E-state index in [4.69, 9.17) is 5.14 Å². The number of hydrogen-bond acceptors (Lipinski definition) is 4. The fourth-order valence-corrected chi connectivity index (χ4v) is 2.15. The maximum absolute atomic E-state index is 10.6. The van der Waals surface area contributed by atoms with E-state index in [1.54, 1.807) is 0 Å². The van der Waals surface area contributed by atoms with Gasteiger partial charge in [0.2, 0.25) is 10.0 Å². The van der Waals surface area contributed by atoms with Gasteiger partial charge in [-0.2, -0.15) is 11.8 Å². The molecule has 4 nitrogen and oxygen atoms in total. The molecule has 0 atom stereocenters. The van der Waals surface area contributed by atoms with Gasteiger partial charge < -0.3 is 5.32 Å². The van der Waals surface area contributed by atoms with E-state index < -0.39 is 10.0 Å². The first-order valence-electron chi connectivity index (χ1n) is 4.85. The summed E-state index contributed by atoms with van der Waals surface area (Å²) < 4.78 is 21.1. The molecule has 0 spiro atoms. The molecule has 0 aliphatic heterocycles. The number of primary sulfonamides is 1. The molecule has 0 amide bonds. The van der Waals surface area contributed by atoms with Gasteiger partial charge in [0, 0.05) is 0 Å². The van der Waals surface area contributed by atoms with Crippen LogP contribution in [-0.4, -0.2) is 38.8 Å². The lowest BCUT2D eigenvalue weighted by molar-refractivity contribution is 0.590. The van der Waals surface area contributed by atoms with Crippen LogP contribution in [0.3, 0.4) is 0 Å². The second-order valence-corrected chi connectivity index (χ2v) is 6.15. The molecule has 0 radical (unpaired) electrons. The third-order valence-electron chi connectivity index (χ3n) is 1.63. The van der Waals surface area contributed by atoms with Crippen LogP contribution < -0.4 is 10.5 Å². The van der Waals surface area contributed by atoms with Gasteiger partial charge in [-0.3, -0.25) is 0 Å².